The minimum absolute atomic E-state index is 0.0681. The predicted octanol–water partition coefficient (Wildman–Crippen LogP) is 6.22. The monoisotopic (exact) mass is 601 g/mol. The smallest absolute Gasteiger partial charge is 0.408 e. The van der Waals surface area contributed by atoms with E-state index in [2.05, 4.69) is 10.6 Å². The number of alkyl carbamates (subject to hydrolysis) is 1. The highest BCUT2D eigenvalue weighted by molar-refractivity contribution is 6.00. The summed E-state index contributed by atoms with van der Waals surface area (Å²) in [6, 6.07) is 14.7. The first-order chi connectivity index (χ1) is 20.7. The average Bonchev–Trinajstić information content (AvgIpc) is 2.91. The summed E-state index contributed by atoms with van der Waals surface area (Å²) < 4.78 is 5.51. The van der Waals surface area contributed by atoms with E-state index in [1.165, 1.54) is 17.0 Å². The summed E-state index contributed by atoms with van der Waals surface area (Å²) in [7, 11) is 0. The lowest BCUT2D eigenvalue weighted by Crippen LogP contribution is -2.57. The molecule has 1 aliphatic rings. The fourth-order valence-electron chi connectivity index (χ4n) is 5.40. The van der Waals surface area contributed by atoms with Gasteiger partial charge in [-0.1, -0.05) is 48.5 Å². The fraction of sp³-hybridized carbons (Fsp3) is 0.400. The van der Waals surface area contributed by atoms with Crippen molar-refractivity contribution in [1.82, 2.24) is 10.2 Å². The van der Waals surface area contributed by atoms with Crippen molar-refractivity contribution in [3.8, 4) is 11.5 Å². The Morgan fingerprint density at radius 1 is 0.909 bits per heavy atom. The maximum Gasteiger partial charge on any atom is 0.408 e. The standard InChI is InChI=1S/C35H43N3O6/c1-21-10-7-11-22(2)29(21)37-32(41)30(27-15-8-12-23(3)31(27)40)38(25-13-9-14-25)33(42)28(36-34(43)44-35(4,5)6)20-24-16-18-26(39)19-17-24/h7-8,10-12,15-19,25,28,30,39-40H,9,13-14,20H2,1-6H3,(H,36,43)(H,37,41). The molecule has 0 heterocycles. The third-order valence-electron chi connectivity index (χ3n) is 7.91. The molecule has 2 atom stereocenters. The van der Waals surface area contributed by atoms with Crippen LogP contribution in [-0.4, -0.2) is 50.7 Å². The number of aromatic hydroxyl groups is 2. The van der Waals surface area contributed by atoms with Crippen molar-refractivity contribution in [3.05, 3.63) is 88.5 Å². The molecule has 2 unspecified atom stereocenters. The van der Waals surface area contributed by atoms with Crippen LogP contribution in [0.25, 0.3) is 0 Å². The Morgan fingerprint density at radius 3 is 2.07 bits per heavy atom. The molecule has 1 saturated carbocycles. The van der Waals surface area contributed by atoms with E-state index in [1.54, 1.807) is 58.0 Å². The Kier molecular flexibility index (Phi) is 9.87. The number of hydrogen-bond donors (Lipinski definition) is 4. The van der Waals surface area contributed by atoms with Crippen LogP contribution in [0.5, 0.6) is 11.5 Å². The van der Waals surface area contributed by atoms with Gasteiger partial charge in [0, 0.05) is 23.7 Å². The third kappa shape index (κ3) is 7.70. The first-order valence-corrected chi connectivity index (χ1v) is 15.0. The number of phenols is 2. The molecule has 9 nitrogen and oxygen atoms in total. The van der Waals surface area contributed by atoms with Crippen molar-refractivity contribution in [3.63, 3.8) is 0 Å². The normalized spacial score (nSPS) is 14.6. The van der Waals surface area contributed by atoms with Gasteiger partial charge >= 0.3 is 6.09 Å². The van der Waals surface area contributed by atoms with Crippen molar-refractivity contribution in [1.29, 1.82) is 0 Å². The summed E-state index contributed by atoms with van der Waals surface area (Å²) in [5.41, 5.74) is 3.14. The van der Waals surface area contributed by atoms with Crippen LogP contribution in [0, 0.1) is 20.8 Å². The molecular formula is C35H43N3O6. The van der Waals surface area contributed by atoms with Crippen molar-refractivity contribution in [2.45, 2.75) is 91.0 Å². The summed E-state index contributed by atoms with van der Waals surface area (Å²) in [6.45, 7) is 10.7. The summed E-state index contributed by atoms with van der Waals surface area (Å²) in [4.78, 5) is 43.6. The van der Waals surface area contributed by atoms with E-state index >= 15 is 0 Å². The van der Waals surface area contributed by atoms with Gasteiger partial charge in [0.2, 0.25) is 5.91 Å². The SMILES string of the molecule is Cc1cccc(C(C(=O)Nc2c(C)cccc2C)N(C(=O)C(Cc2ccc(O)cc2)NC(=O)OC(C)(C)C)C2CCC2)c1O. The van der Waals surface area contributed by atoms with Gasteiger partial charge in [-0.15, -0.1) is 0 Å². The van der Waals surface area contributed by atoms with Crippen LogP contribution in [0.3, 0.4) is 0 Å². The van der Waals surface area contributed by atoms with Crippen molar-refractivity contribution >= 4 is 23.6 Å². The van der Waals surface area contributed by atoms with E-state index in [9.17, 15) is 24.6 Å². The number of anilines is 1. The van der Waals surface area contributed by atoms with Gasteiger partial charge < -0.3 is 30.5 Å². The molecule has 3 aromatic carbocycles. The van der Waals surface area contributed by atoms with Gasteiger partial charge in [-0.05, 0) is 95.2 Å². The van der Waals surface area contributed by atoms with E-state index in [0.717, 1.165) is 17.5 Å². The number of carbonyl (C=O) groups excluding carboxylic acids is 3. The summed E-state index contributed by atoms with van der Waals surface area (Å²) in [5.74, 6) is -0.937. The van der Waals surface area contributed by atoms with Crippen LogP contribution >= 0.6 is 0 Å². The van der Waals surface area contributed by atoms with Crippen LogP contribution in [0.15, 0.2) is 60.7 Å². The van der Waals surface area contributed by atoms with Gasteiger partial charge in [-0.2, -0.15) is 0 Å². The number of hydrogen-bond acceptors (Lipinski definition) is 6. The molecular weight excluding hydrogens is 558 g/mol. The molecule has 1 aliphatic carbocycles. The van der Waals surface area contributed by atoms with Gasteiger partial charge in [0.1, 0.15) is 29.2 Å². The Labute approximate surface area is 259 Å². The zero-order chi connectivity index (χ0) is 32.2. The summed E-state index contributed by atoms with van der Waals surface area (Å²) in [6.07, 6.45) is 1.54. The molecule has 3 aromatic rings. The van der Waals surface area contributed by atoms with Crippen LogP contribution in [0.1, 0.15) is 73.9 Å². The number of carbonyl (C=O) groups is 3. The van der Waals surface area contributed by atoms with E-state index in [4.69, 9.17) is 4.74 Å². The molecule has 234 valence electrons. The van der Waals surface area contributed by atoms with Crippen molar-refractivity contribution in [2.24, 2.45) is 0 Å². The van der Waals surface area contributed by atoms with Gasteiger partial charge in [0.25, 0.3) is 5.91 Å². The third-order valence-corrected chi connectivity index (χ3v) is 7.91. The number of nitrogens with zero attached hydrogens (tertiary/aromatic N) is 1. The molecule has 44 heavy (non-hydrogen) atoms. The van der Waals surface area contributed by atoms with Crippen LogP contribution in [0.4, 0.5) is 10.5 Å². The second-order valence-electron chi connectivity index (χ2n) is 12.6. The van der Waals surface area contributed by atoms with Crippen LogP contribution in [0.2, 0.25) is 0 Å². The molecule has 4 N–H and O–H groups in total. The first-order valence-electron chi connectivity index (χ1n) is 15.0. The predicted molar refractivity (Wildman–Crippen MR) is 170 cm³/mol. The number of amides is 3. The molecule has 0 spiro atoms. The van der Waals surface area contributed by atoms with Gasteiger partial charge in [-0.3, -0.25) is 9.59 Å². The largest absolute Gasteiger partial charge is 0.508 e. The molecule has 0 aromatic heterocycles. The fourth-order valence-corrected chi connectivity index (χ4v) is 5.40. The lowest BCUT2D eigenvalue weighted by molar-refractivity contribution is -0.145. The van der Waals surface area contributed by atoms with Gasteiger partial charge in [0.05, 0.1) is 0 Å². The molecule has 9 heteroatoms. The molecule has 0 radical (unpaired) electrons. The zero-order valence-corrected chi connectivity index (χ0v) is 26.3. The summed E-state index contributed by atoms with van der Waals surface area (Å²) >= 11 is 0. The van der Waals surface area contributed by atoms with Crippen LogP contribution < -0.4 is 10.6 Å². The number of phenolic OH excluding ortho intramolecular Hbond substituents is 2. The Balaban J connectivity index is 1.80. The Morgan fingerprint density at radius 2 is 1.50 bits per heavy atom. The number of aryl methyl sites for hydroxylation is 3. The average molecular weight is 602 g/mol. The quantitative estimate of drug-likeness (QED) is 0.231. The molecule has 4 rings (SSSR count). The number of benzene rings is 3. The zero-order valence-electron chi connectivity index (χ0n) is 26.3. The van der Waals surface area contributed by atoms with Gasteiger partial charge in [-0.25, -0.2) is 4.79 Å². The lowest BCUT2D eigenvalue weighted by atomic mass is 9.87. The highest BCUT2D eigenvalue weighted by Crippen LogP contribution is 2.39. The molecule has 0 aliphatic heterocycles. The number of ether oxygens (including phenoxy) is 1. The minimum atomic E-state index is -1.19. The molecule has 3 amide bonds. The Hall–Kier alpha value is -4.53. The second kappa shape index (κ2) is 13.4. The maximum absolute atomic E-state index is 14.7. The van der Waals surface area contributed by atoms with Crippen LogP contribution in [-0.2, 0) is 20.7 Å². The van der Waals surface area contributed by atoms with E-state index in [-0.39, 0.29) is 24.0 Å². The van der Waals surface area contributed by atoms with E-state index in [0.29, 0.717) is 35.2 Å². The minimum Gasteiger partial charge on any atom is -0.508 e. The lowest BCUT2D eigenvalue weighted by Gasteiger charge is -2.43. The molecule has 1 fully saturated rings. The second-order valence-corrected chi connectivity index (χ2v) is 12.6. The maximum atomic E-state index is 14.7. The highest BCUT2D eigenvalue weighted by Gasteiger charge is 2.43. The topological polar surface area (TPSA) is 128 Å². The number of para-hydroxylation sites is 2. The first kappa shape index (κ1) is 32.4. The highest BCUT2D eigenvalue weighted by atomic mass is 16.6. The van der Waals surface area contributed by atoms with E-state index in [1.807, 2.05) is 32.0 Å². The van der Waals surface area contributed by atoms with Gasteiger partial charge in [0.15, 0.2) is 0 Å². The molecule has 0 bridgehead atoms. The summed E-state index contributed by atoms with van der Waals surface area (Å²) in [5, 5.41) is 26.8. The Bertz CT molecular complexity index is 1490. The van der Waals surface area contributed by atoms with Crippen molar-refractivity contribution in [2.75, 3.05) is 5.32 Å². The molecule has 0 saturated heterocycles. The number of nitrogens with one attached hydrogen (secondary N) is 2. The van der Waals surface area contributed by atoms with E-state index < -0.39 is 35.6 Å². The van der Waals surface area contributed by atoms with Crippen molar-refractivity contribution < 1.29 is 29.3 Å². The number of rotatable bonds is 9.